The summed E-state index contributed by atoms with van der Waals surface area (Å²) < 4.78 is 16.6. The van der Waals surface area contributed by atoms with Crippen LogP contribution in [-0.4, -0.2) is 37.2 Å². The van der Waals surface area contributed by atoms with Crippen LogP contribution in [0.2, 0.25) is 0 Å². The number of allylic oxidation sites excluding steroid dienone is 22. The van der Waals surface area contributed by atoms with Gasteiger partial charge in [0, 0.05) is 19.3 Å². The Balaban J connectivity index is 4.58. The maximum Gasteiger partial charge on any atom is 0.306 e. The van der Waals surface area contributed by atoms with Gasteiger partial charge in [-0.1, -0.05) is 206 Å². The normalized spacial score (nSPS) is 13.3. The van der Waals surface area contributed by atoms with E-state index in [2.05, 4.69) is 75.5 Å². The van der Waals surface area contributed by atoms with E-state index in [9.17, 15) is 14.4 Å². The van der Waals surface area contributed by atoms with Gasteiger partial charge in [-0.15, -0.1) is 0 Å². The zero-order valence-corrected chi connectivity index (χ0v) is 37.9. The fourth-order valence-electron chi connectivity index (χ4n) is 5.69. The second-order valence-corrected chi connectivity index (χ2v) is 14.7. The van der Waals surface area contributed by atoms with E-state index >= 15 is 0 Å². The summed E-state index contributed by atoms with van der Waals surface area (Å²) in [5.41, 5.74) is 0. The van der Waals surface area contributed by atoms with Crippen molar-refractivity contribution in [2.24, 2.45) is 0 Å². The topological polar surface area (TPSA) is 78.9 Å². The molecule has 334 valence electrons. The molecule has 6 nitrogen and oxygen atoms in total. The Bertz CT molecular complexity index is 1370. The van der Waals surface area contributed by atoms with Crippen LogP contribution in [0.4, 0.5) is 0 Å². The quantitative estimate of drug-likeness (QED) is 0.0202. The molecule has 0 bridgehead atoms. The highest BCUT2D eigenvalue weighted by atomic mass is 16.6. The van der Waals surface area contributed by atoms with Crippen LogP contribution in [-0.2, 0) is 28.6 Å². The van der Waals surface area contributed by atoms with Crippen LogP contribution in [0, 0.1) is 0 Å². The van der Waals surface area contributed by atoms with Crippen molar-refractivity contribution in [3.63, 3.8) is 0 Å². The largest absolute Gasteiger partial charge is 0.462 e. The van der Waals surface area contributed by atoms with Gasteiger partial charge in [0.25, 0.3) is 0 Å². The van der Waals surface area contributed by atoms with Crippen LogP contribution in [0.25, 0.3) is 0 Å². The van der Waals surface area contributed by atoms with Gasteiger partial charge in [0.2, 0.25) is 0 Å². The van der Waals surface area contributed by atoms with Crippen LogP contribution in [0.15, 0.2) is 134 Å². The number of ether oxygens (including phenoxy) is 3. The summed E-state index contributed by atoms with van der Waals surface area (Å²) in [6.07, 6.45) is 65.8. The van der Waals surface area contributed by atoms with Crippen LogP contribution in [0.3, 0.4) is 0 Å². The standard InChI is InChI=1S/C54H82O6/c1-4-7-10-13-16-19-22-25-27-30-32-35-38-41-44-47-53(56)59-50-51(49-58-52(55)46-43-40-37-34-31-28-24-21-18-15-12-9-6-3)60-54(57)48-45-42-39-36-33-29-26-23-20-17-14-11-8-5-2/h7-13,15-22,24-25,27-28,31,34,37,51H,4-6,14,23,26,29-30,32-33,35-36,38-50H2,1-3H3/b10-7+,11-8+,12-9+,16-13+,18-15+,20-17+,22-19+,24-21+,27-25+,31-28+,37-34+. The Morgan fingerprint density at radius 2 is 0.700 bits per heavy atom. The molecule has 0 aliphatic heterocycles. The minimum Gasteiger partial charge on any atom is -0.462 e. The summed E-state index contributed by atoms with van der Waals surface area (Å²) in [5, 5.41) is 0. The molecule has 0 aromatic carbocycles. The fourth-order valence-corrected chi connectivity index (χ4v) is 5.69. The molecule has 60 heavy (non-hydrogen) atoms. The average Bonchev–Trinajstić information content (AvgIpc) is 3.24. The predicted octanol–water partition coefficient (Wildman–Crippen LogP) is 15.1. The molecule has 1 unspecified atom stereocenters. The van der Waals surface area contributed by atoms with Gasteiger partial charge in [-0.05, 0) is 77.0 Å². The van der Waals surface area contributed by atoms with Gasteiger partial charge in [0.15, 0.2) is 6.10 Å². The minimum atomic E-state index is -0.825. The van der Waals surface area contributed by atoms with E-state index in [1.54, 1.807) is 0 Å². The molecule has 0 aromatic heterocycles. The highest BCUT2D eigenvalue weighted by molar-refractivity contribution is 5.71. The Hall–Kier alpha value is -4.45. The third kappa shape index (κ3) is 44.6. The zero-order valence-electron chi connectivity index (χ0n) is 37.9. The average molecular weight is 827 g/mol. The summed E-state index contributed by atoms with van der Waals surface area (Å²) in [6, 6.07) is 0. The maximum atomic E-state index is 12.7. The van der Waals surface area contributed by atoms with E-state index < -0.39 is 6.10 Å². The summed E-state index contributed by atoms with van der Waals surface area (Å²) in [5.74, 6) is -1.04. The minimum absolute atomic E-state index is 0.122. The highest BCUT2D eigenvalue weighted by Gasteiger charge is 2.19. The van der Waals surface area contributed by atoms with Crippen LogP contribution >= 0.6 is 0 Å². The van der Waals surface area contributed by atoms with Gasteiger partial charge in [-0.3, -0.25) is 14.4 Å². The van der Waals surface area contributed by atoms with Crippen LogP contribution < -0.4 is 0 Å². The monoisotopic (exact) mass is 827 g/mol. The first kappa shape index (κ1) is 55.5. The fraction of sp³-hybridized carbons (Fsp3) is 0.537. The zero-order chi connectivity index (χ0) is 43.7. The van der Waals surface area contributed by atoms with E-state index in [-0.39, 0.29) is 37.5 Å². The third-order valence-electron chi connectivity index (χ3n) is 9.10. The summed E-state index contributed by atoms with van der Waals surface area (Å²) in [6.45, 7) is 6.12. The molecule has 0 rings (SSSR count). The number of unbranched alkanes of at least 4 members (excludes halogenated alkanes) is 13. The van der Waals surface area contributed by atoms with Gasteiger partial charge in [0.1, 0.15) is 13.2 Å². The van der Waals surface area contributed by atoms with Crippen molar-refractivity contribution in [2.75, 3.05) is 13.2 Å². The lowest BCUT2D eigenvalue weighted by atomic mass is 10.1. The van der Waals surface area contributed by atoms with E-state index in [1.807, 2.05) is 79.0 Å². The van der Waals surface area contributed by atoms with Crippen LogP contribution in [0.5, 0.6) is 0 Å². The van der Waals surface area contributed by atoms with E-state index in [1.165, 1.54) is 19.3 Å². The Labute approximate surface area is 366 Å². The van der Waals surface area contributed by atoms with Gasteiger partial charge in [0.05, 0.1) is 0 Å². The molecule has 0 fully saturated rings. The van der Waals surface area contributed by atoms with E-state index in [4.69, 9.17) is 14.2 Å². The molecule has 0 N–H and O–H groups in total. The molecule has 0 spiro atoms. The molecular weight excluding hydrogens is 745 g/mol. The summed E-state index contributed by atoms with van der Waals surface area (Å²) >= 11 is 0. The first-order valence-corrected chi connectivity index (χ1v) is 23.3. The smallest absolute Gasteiger partial charge is 0.306 e. The number of hydrogen-bond acceptors (Lipinski definition) is 6. The van der Waals surface area contributed by atoms with Crippen molar-refractivity contribution in [3.8, 4) is 0 Å². The Morgan fingerprint density at radius 3 is 1.18 bits per heavy atom. The first-order valence-electron chi connectivity index (χ1n) is 23.3. The number of carbonyl (C=O) groups excluding carboxylic acids is 3. The maximum absolute atomic E-state index is 12.7. The molecule has 0 heterocycles. The van der Waals surface area contributed by atoms with E-state index in [0.717, 1.165) is 103 Å². The molecule has 0 radical (unpaired) electrons. The summed E-state index contributed by atoms with van der Waals surface area (Å²) in [4.78, 5) is 37.8. The molecule has 1 atom stereocenters. The Kier molecular flexibility index (Phi) is 43.7. The van der Waals surface area contributed by atoms with Crippen molar-refractivity contribution >= 4 is 17.9 Å². The molecule has 6 heteroatoms. The van der Waals surface area contributed by atoms with Gasteiger partial charge < -0.3 is 14.2 Å². The number of carbonyl (C=O) groups is 3. The van der Waals surface area contributed by atoms with Crippen molar-refractivity contribution in [3.05, 3.63) is 134 Å². The van der Waals surface area contributed by atoms with E-state index in [0.29, 0.717) is 19.3 Å². The molecular formula is C54H82O6. The van der Waals surface area contributed by atoms with Crippen LogP contribution in [0.1, 0.15) is 168 Å². The van der Waals surface area contributed by atoms with Crippen molar-refractivity contribution in [1.29, 1.82) is 0 Å². The molecule has 0 saturated carbocycles. The molecule has 0 aliphatic carbocycles. The molecule has 0 aliphatic rings. The second-order valence-electron chi connectivity index (χ2n) is 14.7. The van der Waals surface area contributed by atoms with Gasteiger partial charge in [-0.2, -0.15) is 0 Å². The lowest BCUT2D eigenvalue weighted by molar-refractivity contribution is -0.167. The predicted molar refractivity (Wildman–Crippen MR) is 256 cm³/mol. The Morgan fingerprint density at radius 1 is 0.350 bits per heavy atom. The highest BCUT2D eigenvalue weighted by Crippen LogP contribution is 2.13. The summed E-state index contributed by atoms with van der Waals surface area (Å²) in [7, 11) is 0. The third-order valence-corrected chi connectivity index (χ3v) is 9.10. The van der Waals surface area contributed by atoms with Crippen molar-refractivity contribution in [1.82, 2.24) is 0 Å². The number of esters is 3. The first-order chi connectivity index (χ1) is 29.5. The molecule has 0 saturated heterocycles. The van der Waals surface area contributed by atoms with Gasteiger partial charge in [-0.25, -0.2) is 0 Å². The molecule has 0 aromatic rings. The SMILES string of the molecule is CC/C=C/C=C/C=C/C=C/C=C/CCCC(=O)OCC(COC(=O)CCCCCCC/C=C/C=C/C=C/C=C/CC)OC(=O)CCCCCCCCC/C=C/C/C=C/CC. The number of rotatable bonds is 39. The van der Waals surface area contributed by atoms with Crippen molar-refractivity contribution < 1.29 is 28.6 Å². The lowest BCUT2D eigenvalue weighted by Crippen LogP contribution is -2.30. The van der Waals surface area contributed by atoms with Gasteiger partial charge >= 0.3 is 17.9 Å². The number of hydrogen-bond donors (Lipinski definition) is 0. The molecule has 0 amide bonds. The van der Waals surface area contributed by atoms with Crippen molar-refractivity contribution in [2.45, 2.75) is 175 Å². The second kappa shape index (κ2) is 47.2. The lowest BCUT2D eigenvalue weighted by Gasteiger charge is -2.18.